The van der Waals surface area contributed by atoms with Gasteiger partial charge < -0.3 is 9.80 Å². The molecule has 0 N–H and O–H groups in total. The second-order valence-corrected chi connectivity index (χ2v) is 10.4. The number of aryl methyl sites for hydroxylation is 1. The lowest BCUT2D eigenvalue weighted by atomic mass is 10.1. The average Bonchev–Trinajstić information content (AvgIpc) is 2.98. The van der Waals surface area contributed by atoms with Gasteiger partial charge in [0.1, 0.15) is 17.3 Å². The fraction of sp³-hybridized carbons (Fsp3) is 0.258. The molecule has 0 unspecified atom stereocenters. The average molecular weight is 590 g/mol. The lowest BCUT2D eigenvalue weighted by Gasteiger charge is -2.36. The van der Waals surface area contributed by atoms with Gasteiger partial charge in [-0.3, -0.25) is 28.8 Å². The molecule has 0 atom stereocenters. The van der Waals surface area contributed by atoms with Gasteiger partial charge >= 0.3 is 5.69 Å². The fourth-order valence-electron chi connectivity index (χ4n) is 5.32. The van der Waals surface area contributed by atoms with E-state index in [2.05, 4.69) is 0 Å². The van der Waals surface area contributed by atoms with Crippen molar-refractivity contribution in [1.82, 2.24) is 14.0 Å². The first-order valence-electron chi connectivity index (χ1n) is 13.7. The zero-order chi connectivity index (χ0) is 30.7. The largest absolute Gasteiger partial charge is 0.355 e. The molecular weight excluding hydrogens is 560 g/mol. The van der Waals surface area contributed by atoms with Crippen molar-refractivity contribution in [1.29, 1.82) is 0 Å². The van der Waals surface area contributed by atoms with Crippen LogP contribution in [0.1, 0.15) is 22.4 Å². The lowest BCUT2D eigenvalue weighted by Crippen LogP contribution is -2.53. The highest BCUT2D eigenvalue weighted by atomic mass is 19.1. The Morgan fingerprint density at radius 3 is 2.19 bits per heavy atom. The van der Waals surface area contributed by atoms with Crippen LogP contribution in [0, 0.1) is 28.7 Å². The van der Waals surface area contributed by atoms with Gasteiger partial charge in [0.25, 0.3) is 11.2 Å². The summed E-state index contributed by atoms with van der Waals surface area (Å²) in [6.45, 7) is 1.53. The van der Waals surface area contributed by atoms with Gasteiger partial charge in [-0.25, -0.2) is 13.6 Å². The molecule has 1 aromatic heterocycles. The van der Waals surface area contributed by atoms with E-state index in [-0.39, 0.29) is 61.3 Å². The van der Waals surface area contributed by atoms with Gasteiger partial charge in [-0.2, -0.15) is 0 Å². The number of amides is 1. The number of piperazine rings is 1. The summed E-state index contributed by atoms with van der Waals surface area (Å²) in [5.74, 6) is -1.95. The SMILES string of the molecule is Cc1c(N2CCN(Cc3cccc([N+](=O)[O-])c3)C(=O)C2)c(=O)n(CCc2ccccc2)c(=O)n1Cc1c(F)cccc1F. The first-order chi connectivity index (χ1) is 20.6. The molecule has 0 spiro atoms. The summed E-state index contributed by atoms with van der Waals surface area (Å²) in [7, 11) is 0. The van der Waals surface area contributed by atoms with E-state index in [0.29, 0.717) is 12.0 Å². The third-order valence-corrected chi connectivity index (χ3v) is 7.63. The van der Waals surface area contributed by atoms with E-state index in [1.54, 1.807) is 21.9 Å². The third kappa shape index (κ3) is 6.22. The number of hydrogen-bond donors (Lipinski definition) is 0. The van der Waals surface area contributed by atoms with Crippen LogP contribution in [0.2, 0.25) is 0 Å². The zero-order valence-electron chi connectivity index (χ0n) is 23.4. The van der Waals surface area contributed by atoms with Gasteiger partial charge in [0.2, 0.25) is 5.91 Å². The van der Waals surface area contributed by atoms with Crippen LogP contribution >= 0.6 is 0 Å². The lowest BCUT2D eigenvalue weighted by molar-refractivity contribution is -0.384. The normalized spacial score (nSPS) is 13.4. The van der Waals surface area contributed by atoms with Crippen molar-refractivity contribution in [3.05, 3.63) is 138 Å². The number of non-ortho nitro benzene ring substituents is 1. The maximum atomic E-state index is 14.6. The van der Waals surface area contributed by atoms with Gasteiger partial charge in [-0.15, -0.1) is 0 Å². The minimum Gasteiger partial charge on any atom is -0.355 e. The standard InChI is InChI=1S/C31H29F2N5O5/c1-21-29(35-16-15-34(28(39)20-35)18-23-9-5-10-24(17-23)38(42)43)30(40)36(14-13-22-7-3-2-4-8-22)31(41)37(21)19-25-26(32)11-6-12-27(25)33/h2-12,17H,13-16,18-20H2,1H3. The van der Waals surface area contributed by atoms with Crippen molar-refractivity contribution in [2.24, 2.45) is 0 Å². The highest BCUT2D eigenvalue weighted by Gasteiger charge is 2.29. The van der Waals surface area contributed by atoms with Crippen molar-refractivity contribution in [3.8, 4) is 0 Å². The molecule has 222 valence electrons. The molecule has 2 heterocycles. The van der Waals surface area contributed by atoms with Crippen LogP contribution in [0.5, 0.6) is 0 Å². The van der Waals surface area contributed by atoms with Crippen LogP contribution in [0.3, 0.4) is 0 Å². The van der Waals surface area contributed by atoms with Crippen LogP contribution < -0.4 is 16.1 Å². The first kappa shape index (κ1) is 29.4. The van der Waals surface area contributed by atoms with Crippen molar-refractivity contribution in [2.75, 3.05) is 24.5 Å². The smallest absolute Gasteiger partial charge is 0.331 e. The molecular formula is C31H29F2N5O5. The number of benzene rings is 3. The van der Waals surface area contributed by atoms with Gasteiger partial charge in [0, 0.05) is 49.6 Å². The van der Waals surface area contributed by atoms with Crippen molar-refractivity contribution in [2.45, 2.75) is 33.0 Å². The highest BCUT2D eigenvalue weighted by molar-refractivity contribution is 5.83. The van der Waals surface area contributed by atoms with Gasteiger partial charge in [0.05, 0.1) is 18.0 Å². The molecule has 0 bridgehead atoms. The Kier molecular flexibility index (Phi) is 8.46. The molecule has 4 aromatic rings. The van der Waals surface area contributed by atoms with E-state index in [1.165, 1.54) is 29.7 Å². The van der Waals surface area contributed by atoms with Crippen molar-refractivity contribution < 1.29 is 18.5 Å². The Bertz CT molecular complexity index is 1780. The molecule has 1 saturated heterocycles. The summed E-state index contributed by atoms with van der Waals surface area (Å²) in [4.78, 5) is 54.5. The Hall–Kier alpha value is -5.13. The number of carbonyl (C=O) groups is 1. The van der Waals surface area contributed by atoms with Gasteiger partial charge in [-0.05, 0) is 36.6 Å². The minimum atomic E-state index is -0.820. The van der Waals surface area contributed by atoms with Crippen LogP contribution in [0.15, 0.2) is 82.4 Å². The predicted octanol–water partition coefficient (Wildman–Crippen LogP) is 3.64. The molecule has 10 nitrogen and oxygen atoms in total. The summed E-state index contributed by atoms with van der Waals surface area (Å²) < 4.78 is 31.5. The van der Waals surface area contributed by atoms with Crippen molar-refractivity contribution in [3.63, 3.8) is 0 Å². The van der Waals surface area contributed by atoms with Gasteiger partial charge in [0.15, 0.2) is 0 Å². The quantitative estimate of drug-likeness (QED) is 0.218. The number of carbonyl (C=O) groups excluding carboxylic acids is 1. The summed E-state index contributed by atoms with van der Waals surface area (Å²) in [6.07, 6.45) is 0.364. The Balaban J connectivity index is 1.48. The number of aromatic nitrogens is 2. The molecule has 0 aliphatic carbocycles. The Morgan fingerprint density at radius 2 is 1.51 bits per heavy atom. The molecule has 5 rings (SSSR count). The number of anilines is 1. The highest BCUT2D eigenvalue weighted by Crippen LogP contribution is 2.21. The van der Waals surface area contributed by atoms with E-state index in [9.17, 15) is 33.3 Å². The monoisotopic (exact) mass is 589 g/mol. The van der Waals surface area contributed by atoms with Crippen LogP contribution in [0.4, 0.5) is 20.2 Å². The molecule has 1 aliphatic rings. The second-order valence-electron chi connectivity index (χ2n) is 10.4. The topological polar surface area (TPSA) is 111 Å². The van der Waals surface area contributed by atoms with E-state index >= 15 is 0 Å². The molecule has 1 fully saturated rings. The Morgan fingerprint density at radius 1 is 0.837 bits per heavy atom. The summed E-state index contributed by atoms with van der Waals surface area (Å²) in [6, 6.07) is 18.7. The van der Waals surface area contributed by atoms with E-state index in [4.69, 9.17) is 0 Å². The molecule has 1 amide bonds. The van der Waals surface area contributed by atoms with E-state index in [0.717, 1.165) is 22.3 Å². The third-order valence-electron chi connectivity index (χ3n) is 7.63. The van der Waals surface area contributed by atoms with E-state index < -0.39 is 34.4 Å². The fourth-order valence-corrected chi connectivity index (χ4v) is 5.32. The summed E-state index contributed by atoms with van der Waals surface area (Å²) >= 11 is 0. The van der Waals surface area contributed by atoms with E-state index in [1.807, 2.05) is 30.3 Å². The van der Waals surface area contributed by atoms with Crippen LogP contribution in [0.25, 0.3) is 0 Å². The molecule has 0 radical (unpaired) electrons. The molecule has 3 aromatic carbocycles. The number of rotatable bonds is 9. The Labute approximate surface area is 245 Å². The van der Waals surface area contributed by atoms with Crippen molar-refractivity contribution >= 4 is 17.3 Å². The minimum absolute atomic E-state index is 0.0232. The molecule has 43 heavy (non-hydrogen) atoms. The second kappa shape index (κ2) is 12.4. The molecule has 1 aliphatic heterocycles. The first-order valence-corrected chi connectivity index (χ1v) is 13.7. The number of halogens is 2. The number of nitrogens with zero attached hydrogens (tertiary/aromatic N) is 5. The van der Waals surface area contributed by atoms with Crippen LogP contribution in [-0.4, -0.2) is 44.5 Å². The maximum absolute atomic E-state index is 14.6. The summed E-state index contributed by atoms with van der Waals surface area (Å²) in [5.41, 5.74) is 0.0856. The maximum Gasteiger partial charge on any atom is 0.331 e. The number of hydrogen-bond acceptors (Lipinski definition) is 6. The number of nitro groups is 1. The molecule has 0 saturated carbocycles. The summed E-state index contributed by atoms with van der Waals surface area (Å²) in [5, 5.41) is 11.2. The van der Waals surface area contributed by atoms with Crippen LogP contribution in [-0.2, 0) is 30.8 Å². The zero-order valence-corrected chi connectivity index (χ0v) is 23.4. The molecule has 12 heteroatoms. The van der Waals surface area contributed by atoms with Gasteiger partial charge in [-0.1, -0.05) is 48.5 Å². The predicted molar refractivity (Wildman–Crippen MR) is 156 cm³/mol. The number of nitro benzene ring substituents is 1.